The fourth-order valence-electron chi connectivity index (χ4n) is 2.25. The van der Waals surface area contributed by atoms with Crippen molar-refractivity contribution >= 4 is 0 Å². The summed E-state index contributed by atoms with van der Waals surface area (Å²) in [6, 6.07) is 6.52. The van der Waals surface area contributed by atoms with Crippen LogP contribution in [0.2, 0.25) is 0 Å². The Hall–Kier alpha value is -0.860. The quantitative estimate of drug-likeness (QED) is 0.829. The van der Waals surface area contributed by atoms with Gasteiger partial charge in [0.05, 0.1) is 0 Å². The van der Waals surface area contributed by atoms with Crippen molar-refractivity contribution in [3.8, 4) is 0 Å². The van der Waals surface area contributed by atoms with Gasteiger partial charge in [0.1, 0.15) is 0 Å². The second-order valence-electron chi connectivity index (χ2n) is 7.26. The van der Waals surface area contributed by atoms with Gasteiger partial charge in [-0.05, 0) is 47.3 Å². The zero-order valence-electron chi connectivity index (χ0n) is 13.0. The fraction of sp³-hybridized carbons (Fsp3) is 0.647. The van der Waals surface area contributed by atoms with Gasteiger partial charge in [-0.3, -0.25) is 0 Å². The standard InChI is InChI=1S/C17H28O2/c1-13-8-14(9-16(2,3)11-18)6-7-15(13)10-17(4,5)12-19/h6-8,18-19H,9-12H2,1-5H3. The molecule has 2 heteroatoms. The van der Waals surface area contributed by atoms with Crippen molar-refractivity contribution in [2.45, 2.75) is 47.5 Å². The van der Waals surface area contributed by atoms with Gasteiger partial charge in [-0.2, -0.15) is 0 Å². The molecule has 0 spiro atoms. The summed E-state index contributed by atoms with van der Waals surface area (Å²) in [5.74, 6) is 0. The van der Waals surface area contributed by atoms with Crippen molar-refractivity contribution in [1.82, 2.24) is 0 Å². The average Bonchev–Trinajstić information content (AvgIpc) is 2.32. The number of aryl methyl sites for hydroxylation is 1. The van der Waals surface area contributed by atoms with Crippen LogP contribution in [0.4, 0.5) is 0 Å². The smallest absolute Gasteiger partial charge is 0.0485 e. The van der Waals surface area contributed by atoms with E-state index in [1.165, 1.54) is 16.7 Å². The number of hydrogen-bond acceptors (Lipinski definition) is 2. The summed E-state index contributed by atoms with van der Waals surface area (Å²) in [5.41, 5.74) is 3.69. The maximum Gasteiger partial charge on any atom is 0.0485 e. The monoisotopic (exact) mass is 264 g/mol. The SMILES string of the molecule is Cc1cc(CC(C)(C)CO)ccc1CC(C)(C)CO. The van der Waals surface area contributed by atoms with Crippen LogP contribution in [0.25, 0.3) is 0 Å². The Morgan fingerprint density at radius 2 is 1.42 bits per heavy atom. The Morgan fingerprint density at radius 3 is 1.89 bits per heavy atom. The van der Waals surface area contributed by atoms with Gasteiger partial charge in [0.25, 0.3) is 0 Å². The van der Waals surface area contributed by atoms with Crippen molar-refractivity contribution in [1.29, 1.82) is 0 Å². The van der Waals surface area contributed by atoms with Gasteiger partial charge < -0.3 is 10.2 Å². The fourth-order valence-corrected chi connectivity index (χ4v) is 2.25. The van der Waals surface area contributed by atoms with E-state index in [1.54, 1.807) is 0 Å². The molecule has 2 nitrogen and oxygen atoms in total. The Morgan fingerprint density at radius 1 is 0.895 bits per heavy atom. The molecule has 1 aromatic rings. The molecule has 0 aromatic heterocycles. The highest BCUT2D eigenvalue weighted by atomic mass is 16.3. The van der Waals surface area contributed by atoms with E-state index in [2.05, 4.69) is 52.8 Å². The summed E-state index contributed by atoms with van der Waals surface area (Å²) in [7, 11) is 0. The molecule has 0 atom stereocenters. The lowest BCUT2D eigenvalue weighted by Crippen LogP contribution is -2.21. The Bertz CT molecular complexity index is 419. The van der Waals surface area contributed by atoms with Crippen molar-refractivity contribution in [2.24, 2.45) is 10.8 Å². The summed E-state index contributed by atoms with van der Waals surface area (Å²) in [6.07, 6.45) is 1.77. The lowest BCUT2D eigenvalue weighted by Gasteiger charge is -2.24. The first-order valence-electron chi connectivity index (χ1n) is 6.99. The van der Waals surface area contributed by atoms with Crippen LogP contribution in [0.3, 0.4) is 0 Å². The van der Waals surface area contributed by atoms with E-state index in [0.717, 1.165) is 12.8 Å². The molecule has 0 amide bonds. The topological polar surface area (TPSA) is 40.5 Å². The molecule has 108 valence electrons. The molecule has 0 radical (unpaired) electrons. The predicted octanol–water partition coefficient (Wildman–Crippen LogP) is 3.12. The molecular formula is C17H28O2. The molecule has 0 aliphatic carbocycles. The van der Waals surface area contributed by atoms with E-state index in [-0.39, 0.29) is 24.0 Å². The lowest BCUT2D eigenvalue weighted by atomic mass is 9.82. The van der Waals surface area contributed by atoms with Crippen LogP contribution in [-0.2, 0) is 12.8 Å². The highest BCUT2D eigenvalue weighted by Crippen LogP contribution is 2.26. The third-order valence-electron chi connectivity index (χ3n) is 3.61. The van der Waals surface area contributed by atoms with Crippen molar-refractivity contribution in [3.63, 3.8) is 0 Å². The largest absolute Gasteiger partial charge is 0.396 e. The van der Waals surface area contributed by atoms with E-state index >= 15 is 0 Å². The number of aliphatic hydroxyl groups excluding tert-OH is 2. The number of aliphatic hydroxyl groups is 2. The number of hydrogen-bond donors (Lipinski definition) is 2. The Kier molecular flexibility index (Phi) is 5.17. The van der Waals surface area contributed by atoms with Crippen LogP contribution in [0.1, 0.15) is 44.4 Å². The van der Waals surface area contributed by atoms with E-state index in [9.17, 15) is 10.2 Å². The van der Waals surface area contributed by atoms with E-state index < -0.39 is 0 Å². The normalized spacial score (nSPS) is 12.8. The molecule has 0 aliphatic heterocycles. The zero-order chi connectivity index (χ0) is 14.7. The van der Waals surface area contributed by atoms with Crippen molar-refractivity contribution in [2.75, 3.05) is 13.2 Å². The van der Waals surface area contributed by atoms with Crippen LogP contribution in [0, 0.1) is 17.8 Å². The highest BCUT2D eigenvalue weighted by Gasteiger charge is 2.20. The molecule has 0 unspecified atom stereocenters. The van der Waals surface area contributed by atoms with E-state index in [1.807, 2.05) is 0 Å². The molecule has 0 bridgehead atoms. The van der Waals surface area contributed by atoms with Crippen molar-refractivity contribution in [3.05, 3.63) is 34.9 Å². The van der Waals surface area contributed by atoms with Gasteiger partial charge in [-0.15, -0.1) is 0 Å². The van der Waals surface area contributed by atoms with Gasteiger partial charge in [-0.25, -0.2) is 0 Å². The van der Waals surface area contributed by atoms with Crippen LogP contribution in [0.5, 0.6) is 0 Å². The van der Waals surface area contributed by atoms with Crippen LogP contribution in [0.15, 0.2) is 18.2 Å². The minimum Gasteiger partial charge on any atom is -0.396 e. The molecule has 0 saturated carbocycles. The van der Waals surface area contributed by atoms with Gasteiger partial charge in [0.15, 0.2) is 0 Å². The average molecular weight is 264 g/mol. The minimum absolute atomic E-state index is 0.0711. The summed E-state index contributed by atoms with van der Waals surface area (Å²) < 4.78 is 0. The van der Waals surface area contributed by atoms with Gasteiger partial charge in [0, 0.05) is 13.2 Å². The maximum absolute atomic E-state index is 9.36. The molecule has 2 N–H and O–H groups in total. The maximum atomic E-state index is 9.36. The van der Waals surface area contributed by atoms with E-state index in [0.29, 0.717) is 0 Å². The third kappa shape index (κ3) is 4.96. The van der Waals surface area contributed by atoms with Crippen molar-refractivity contribution < 1.29 is 10.2 Å². The van der Waals surface area contributed by atoms with Gasteiger partial charge >= 0.3 is 0 Å². The summed E-state index contributed by atoms with van der Waals surface area (Å²) in [5, 5.41) is 18.7. The second-order valence-corrected chi connectivity index (χ2v) is 7.26. The Labute approximate surface area is 117 Å². The molecule has 1 rings (SSSR count). The number of rotatable bonds is 6. The first-order chi connectivity index (χ1) is 8.69. The molecule has 1 aromatic carbocycles. The van der Waals surface area contributed by atoms with Gasteiger partial charge in [-0.1, -0.05) is 45.9 Å². The van der Waals surface area contributed by atoms with Crippen LogP contribution >= 0.6 is 0 Å². The van der Waals surface area contributed by atoms with E-state index in [4.69, 9.17) is 0 Å². The molecule has 0 fully saturated rings. The highest BCUT2D eigenvalue weighted by molar-refractivity contribution is 5.32. The van der Waals surface area contributed by atoms with Crippen LogP contribution < -0.4 is 0 Å². The molecule has 0 saturated heterocycles. The second kappa shape index (κ2) is 6.06. The molecular weight excluding hydrogens is 236 g/mol. The molecule has 0 heterocycles. The number of benzene rings is 1. The Balaban J connectivity index is 2.86. The first kappa shape index (κ1) is 16.2. The third-order valence-corrected chi connectivity index (χ3v) is 3.61. The summed E-state index contributed by atoms with van der Waals surface area (Å²) >= 11 is 0. The lowest BCUT2D eigenvalue weighted by molar-refractivity contribution is 0.159. The summed E-state index contributed by atoms with van der Waals surface area (Å²) in [6.45, 7) is 10.8. The zero-order valence-corrected chi connectivity index (χ0v) is 13.0. The molecule has 0 aliphatic rings. The molecule has 19 heavy (non-hydrogen) atoms. The summed E-state index contributed by atoms with van der Waals surface area (Å²) in [4.78, 5) is 0. The minimum atomic E-state index is -0.0728. The van der Waals surface area contributed by atoms with Gasteiger partial charge in [0.2, 0.25) is 0 Å². The first-order valence-corrected chi connectivity index (χ1v) is 6.99. The van der Waals surface area contributed by atoms with Crippen LogP contribution in [-0.4, -0.2) is 23.4 Å². The predicted molar refractivity (Wildman–Crippen MR) is 80.3 cm³/mol.